The first-order valence-corrected chi connectivity index (χ1v) is 9.86. The number of hydrogen-bond acceptors (Lipinski definition) is 3. The highest BCUT2D eigenvalue weighted by Gasteiger charge is 2.35. The Morgan fingerprint density at radius 2 is 1.89 bits per heavy atom. The van der Waals surface area contributed by atoms with Gasteiger partial charge >= 0.3 is 0 Å². The molecule has 1 unspecified atom stereocenters. The Kier molecular flexibility index (Phi) is 5.37. The lowest BCUT2D eigenvalue weighted by Gasteiger charge is -2.25. The summed E-state index contributed by atoms with van der Waals surface area (Å²) in [5, 5.41) is 5.60. The number of hydrogen-bond donors (Lipinski definition) is 0. The highest BCUT2D eigenvalue weighted by Crippen LogP contribution is 2.32. The molecule has 4 nitrogen and oxygen atoms in total. The zero-order valence-corrected chi connectivity index (χ0v) is 16.3. The molecular formula is C21H20Cl2N2O2. The van der Waals surface area contributed by atoms with Crippen LogP contribution in [0.25, 0.3) is 0 Å². The lowest BCUT2D eigenvalue weighted by Crippen LogP contribution is -2.38. The van der Waals surface area contributed by atoms with Crippen molar-refractivity contribution in [2.24, 2.45) is 11.1 Å². The van der Waals surface area contributed by atoms with Crippen LogP contribution in [-0.2, 0) is 16.2 Å². The van der Waals surface area contributed by atoms with Gasteiger partial charge in [0.2, 0.25) is 5.91 Å². The summed E-state index contributed by atoms with van der Waals surface area (Å²) in [6.45, 7) is 1.05. The van der Waals surface area contributed by atoms with E-state index in [-0.39, 0.29) is 17.9 Å². The summed E-state index contributed by atoms with van der Waals surface area (Å²) in [4.78, 5) is 20.3. The predicted octanol–water partition coefficient (Wildman–Crippen LogP) is 4.93. The third-order valence-corrected chi connectivity index (χ3v) is 5.32. The summed E-state index contributed by atoms with van der Waals surface area (Å²) in [6, 6.07) is 15.2. The maximum atomic E-state index is 12.8. The second-order valence-corrected chi connectivity index (χ2v) is 7.97. The van der Waals surface area contributed by atoms with Gasteiger partial charge in [-0.2, -0.15) is 0 Å². The van der Waals surface area contributed by atoms with E-state index < -0.39 is 0 Å². The van der Waals surface area contributed by atoms with E-state index in [0.29, 0.717) is 29.6 Å². The normalized spacial score (nSPS) is 18.7. The fourth-order valence-corrected chi connectivity index (χ4v) is 3.60. The molecule has 2 aliphatic rings. The van der Waals surface area contributed by atoms with Gasteiger partial charge in [0.25, 0.3) is 0 Å². The highest BCUT2D eigenvalue weighted by molar-refractivity contribution is 6.31. The molecule has 1 atom stereocenters. The molecule has 2 aromatic carbocycles. The summed E-state index contributed by atoms with van der Waals surface area (Å²) in [5.74, 6) is 0.348. The molecule has 0 spiro atoms. The SMILES string of the molecule is O=C(C1CC1)N(Cc1cccc(Cl)c1)CC1CC(c2ccc(Cl)cc2)=NO1. The third kappa shape index (κ3) is 4.63. The molecule has 0 bridgehead atoms. The summed E-state index contributed by atoms with van der Waals surface area (Å²) in [7, 11) is 0. The molecule has 1 aliphatic heterocycles. The Morgan fingerprint density at radius 1 is 1.11 bits per heavy atom. The maximum absolute atomic E-state index is 12.8. The van der Waals surface area contributed by atoms with Crippen LogP contribution in [0.5, 0.6) is 0 Å². The minimum atomic E-state index is -0.141. The zero-order chi connectivity index (χ0) is 18.8. The first-order valence-electron chi connectivity index (χ1n) is 9.10. The van der Waals surface area contributed by atoms with Crippen molar-refractivity contribution in [3.05, 3.63) is 69.7 Å². The number of rotatable bonds is 6. The molecule has 1 heterocycles. The Labute approximate surface area is 168 Å². The zero-order valence-electron chi connectivity index (χ0n) is 14.8. The fraction of sp³-hybridized carbons (Fsp3) is 0.333. The van der Waals surface area contributed by atoms with Crippen molar-refractivity contribution in [1.29, 1.82) is 0 Å². The molecule has 6 heteroatoms. The second-order valence-electron chi connectivity index (χ2n) is 7.10. The maximum Gasteiger partial charge on any atom is 0.226 e. The lowest BCUT2D eigenvalue weighted by molar-refractivity contribution is -0.135. The van der Waals surface area contributed by atoms with Crippen molar-refractivity contribution in [3.8, 4) is 0 Å². The first kappa shape index (κ1) is 18.3. The second kappa shape index (κ2) is 7.91. The van der Waals surface area contributed by atoms with Gasteiger partial charge in [0.1, 0.15) is 0 Å². The molecule has 4 rings (SSSR count). The monoisotopic (exact) mass is 402 g/mol. The number of amides is 1. The molecule has 0 N–H and O–H groups in total. The van der Waals surface area contributed by atoms with Crippen LogP contribution in [0.15, 0.2) is 53.7 Å². The molecule has 1 amide bonds. The molecule has 1 saturated carbocycles. The van der Waals surface area contributed by atoms with Crippen molar-refractivity contribution in [2.75, 3.05) is 6.54 Å². The van der Waals surface area contributed by atoms with Crippen molar-refractivity contribution in [1.82, 2.24) is 4.90 Å². The summed E-state index contributed by atoms with van der Waals surface area (Å²) in [5.41, 5.74) is 2.91. The predicted molar refractivity (Wildman–Crippen MR) is 107 cm³/mol. The van der Waals surface area contributed by atoms with Crippen LogP contribution in [-0.4, -0.2) is 29.2 Å². The molecule has 140 valence electrons. The van der Waals surface area contributed by atoms with Gasteiger partial charge in [-0.05, 0) is 48.2 Å². The van der Waals surface area contributed by atoms with E-state index in [9.17, 15) is 4.79 Å². The van der Waals surface area contributed by atoms with E-state index in [2.05, 4.69) is 5.16 Å². The number of oxime groups is 1. The quantitative estimate of drug-likeness (QED) is 0.687. The van der Waals surface area contributed by atoms with Crippen LogP contribution in [0.3, 0.4) is 0 Å². The van der Waals surface area contributed by atoms with Gasteiger partial charge in [-0.25, -0.2) is 0 Å². The van der Waals surface area contributed by atoms with Crippen LogP contribution >= 0.6 is 23.2 Å². The number of benzene rings is 2. The average molecular weight is 403 g/mol. The Bertz CT molecular complexity index is 863. The summed E-state index contributed by atoms with van der Waals surface area (Å²) in [6.07, 6.45) is 2.48. The lowest BCUT2D eigenvalue weighted by atomic mass is 10.0. The molecule has 1 fully saturated rings. The van der Waals surface area contributed by atoms with Crippen molar-refractivity contribution < 1.29 is 9.63 Å². The minimum absolute atomic E-state index is 0.141. The molecule has 27 heavy (non-hydrogen) atoms. The van der Waals surface area contributed by atoms with Gasteiger partial charge in [0.15, 0.2) is 6.10 Å². The number of nitrogens with zero attached hydrogens (tertiary/aromatic N) is 2. The third-order valence-electron chi connectivity index (χ3n) is 4.84. The van der Waals surface area contributed by atoms with Gasteiger partial charge < -0.3 is 9.74 Å². The van der Waals surface area contributed by atoms with Gasteiger partial charge in [0, 0.05) is 28.9 Å². The minimum Gasteiger partial charge on any atom is -0.390 e. The molecule has 0 radical (unpaired) electrons. The molecule has 2 aromatic rings. The molecule has 1 aliphatic carbocycles. The summed E-state index contributed by atoms with van der Waals surface area (Å²) < 4.78 is 0. The Morgan fingerprint density at radius 3 is 2.59 bits per heavy atom. The Hall–Kier alpha value is -2.04. The fourth-order valence-electron chi connectivity index (χ4n) is 3.26. The van der Waals surface area contributed by atoms with E-state index in [4.69, 9.17) is 28.0 Å². The molecule has 0 aromatic heterocycles. The van der Waals surface area contributed by atoms with Crippen LogP contribution in [0, 0.1) is 5.92 Å². The van der Waals surface area contributed by atoms with Gasteiger partial charge in [0.05, 0.1) is 12.3 Å². The standard InChI is InChI=1S/C21H20Cl2N2O2/c22-17-8-6-15(7-9-17)20-11-19(27-24-20)13-25(21(26)16-4-5-16)12-14-2-1-3-18(23)10-14/h1-3,6-10,16,19H,4-5,11-13H2. The summed E-state index contributed by atoms with van der Waals surface area (Å²) >= 11 is 12.0. The van der Waals surface area contributed by atoms with E-state index in [1.165, 1.54) is 0 Å². The smallest absolute Gasteiger partial charge is 0.226 e. The highest BCUT2D eigenvalue weighted by atomic mass is 35.5. The van der Waals surface area contributed by atoms with Gasteiger partial charge in [-0.15, -0.1) is 0 Å². The Balaban J connectivity index is 1.43. The largest absolute Gasteiger partial charge is 0.390 e. The van der Waals surface area contributed by atoms with Crippen LogP contribution in [0.1, 0.15) is 30.4 Å². The number of carbonyl (C=O) groups is 1. The van der Waals surface area contributed by atoms with Gasteiger partial charge in [-0.3, -0.25) is 4.79 Å². The number of carbonyl (C=O) groups excluding carboxylic acids is 1. The topological polar surface area (TPSA) is 41.9 Å². The average Bonchev–Trinajstić information content (AvgIpc) is 3.40. The van der Waals surface area contributed by atoms with E-state index in [1.807, 2.05) is 53.4 Å². The van der Waals surface area contributed by atoms with Crippen molar-refractivity contribution >= 4 is 34.8 Å². The molecular weight excluding hydrogens is 383 g/mol. The van der Waals surface area contributed by atoms with Crippen LogP contribution in [0.2, 0.25) is 10.0 Å². The first-order chi connectivity index (χ1) is 13.1. The van der Waals surface area contributed by atoms with E-state index in [0.717, 1.165) is 29.7 Å². The van der Waals surface area contributed by atoms with Crippen LogP contribution < -0.4 is 0 Å². The molecule has 0 saturated heterocycles. The van der Waals surface area contributed by atoms with Crippen LogP contribution in [0.4, 0.5) is 0 Å². The number of halogens is 2. The van der Waals surface area contributed by atoms with E-state index in [1.54, 1.807) is 0 Å². The van der Waals surface area contributed by atoms with E-state index >= 15 is 0 Å². The van der Waals surface area contributed by atoms with Crippen molar-refractivity contribution in [2.45, 2.75) is 31.9 Å². The van der Waals surface area contributed by atoms with Crippen molar-refractivity contribution in [3.63, 3.8) is 0 Å². The van der Waals surface area contributed by atoms with Gasteiger partial charge in [-0.1, -0.05) is 52.6 Å².